The number of hydrogen-bond donors (Lipinski definition) is 1. The Balaban J connectivity index is 3.05. The molecule has 0 fully saturated rings. The van der Waals surface area contributed by atoms with Crippen molar-refractivity contribution in [2.24, 2.45) is 0 Å². The van der Waals surface area contributed by atoms with Crippen LogP contribution in [-0.4, -0.2) is 38.7 Å². The van der Waals surface area contributed by atoms with E-state index in [4.69, 9.17) is 5.11 Å². The van der Waals surface area contributed by atoms with Crippen molar-refractivity contribution in [2.75, 3.05) is 6.54 Å². The molecule has 0 saturated carbocycles. The number of likely N-dealkylation sites (N-methyl/N-ethyl adjacent to an activating group) is 1. The molecule has 0 radical (unpaired) electrons. The van der Waals surface area contributed by atoms with E-state index in [-0.39, 0.29) is 6.04 Å². The molecule has 0 aromatic carbocycles. The van der Waals surface area contributed by atoms with Gasteiger partial charge in [-0.3, -0.25) is 9.48 Å². The third kappa shape index (κ3) is 2.83. The molecule has 94 valence electrons. The van der Waals surface area contributed by atoms with E-state index in [0.29, 0.717) is 18.5 Å². The zero-order valence-electron chi connectivity index (χ0n) is 10.2. The number of rotatable bonds is 6. The van der Waals surface area contributed by atoms with Crippen molar-refractivity contribution in [3.8, 4) is 0 Å². The van der Waals surface area contributed by atoms with Crippen LogP contribution >= 0.6 is 0 Å². The second-order valence-corrected chi connectivity index (χ2v) is 4.02. The first-order valence-electron chi connectivity index (χ1n) is 5.49. The summed E-state index contributed by atoms with van der Waals surface area (Å²) < 4.78 is 1.67. The highest BCUT2D eigenvalue weighted by molar-refractivity contribution is 5.78. The molecule has 17 heavy (non-hydrogen) atoms. The number of amides is 1. The Morgan fingerprint density at radius 2 is 2.29 bits per heavy atom. The smallest absolute Gasteiger partial charge is 0.331 e. The molecule has 1 atom stereocenters. The van der Waals surface area contributed by atoms with Crippen molar-refractivity contribution in [3.63, 3.8) is 0 Å². The van der Waals surface area contributed by atoms with Crippen molar-refractivity contribution >= 4 is 12.4 Å². The summed E-state index contributed by atoms with van der Waals surface area (Å²) in [5.74, 6) is -1.05. The number of aliphatic carboxylic acids is 1. The monoisotopic (exact) mass is 239 g/mol. The van der Waals surface area contributed by atoms with Crippen molar-refractivity contribution < 1.29 is 14.7 Å². The minimum absolute atomic E-state index is 0.157. The fourth-order valence-corrected chi connectivity index (χ4v) is 1.57. The minimum Gasteiger partial charge on any atom is -0.479 e. The summed E-state index contributed by atoms with van der Waals surface area (Å²) in [4.78, 5) is 23.3. The number of carbonyl (C=O) groups is 2. The van der Waals surface area contributed by atoms with E-state index in [1.165, 1.54) is 11.1 Å². The van der Waals surface area contributed by atoms with Gasteiger partial charge in [0, 0.05) is 24.3 Å². The van der Waals surface area contributed by atoms with Crippen molar-refractivity contribution in [3.05, 3.63) is 18.0 Å². The maximum atomic E-state index is 11.2. The van der Waals surface area contributed by atoms with E-state index in [1.807, 2.05) is 13.8 Å². The van der Waals surface area contributed by atoms with Gasteiger partial charge in [0.2, 0.25) is 6.41 Å². The fraction of sp³-hybridized carbons (Fsp3) is 0.545. The fourth-order valence-electron chi connectivity index (χ4n) is 1.57. The van der Waals surface area contributed by atoms with Crippen LogP contribution in [0.25, 0.3) is 0 Å². The molecule has 0 aliphatic rings. The van der Waals surface area contributed by atoms with Gasteiger partial charge in [-0.25, -0.2) is 4.79 Å². The first kappa shape index (κ1) is 13.2. The van der Waals surface area contributed by atoms with Crippen LogP contribution in [0.4, 0.5) is 0 Å². The molecular weight excluding hydrogens is 222 g/mol. The average molecular weight is 239 g/mol. The molecular formula is C11H17N3O3. The number of aromatic nitrogens is 2. The lowest BCUT2D eigenvalue weighted by atomic mass is 10.1. The zero-order chi connectivity index (χ0) is 13.0. The highest BCUT2D eigenvalue weighted by Gasteiger charge is 2.27. The molecule has 1 amide bonds. The summed E-state index contributed by atoms with van der Waals surface area (Å²) in [5, 5.41) is 13.3. The highest BCUT2D eigenvalue weighted by Crippen LogP contribution is 2.20. The third-order valence-electron chi connectivity index (χ3n) is 2.53. The van der Waals surface area contributed by atoms with E-state index in [0.717, 1.165) is 0 Å². The van der Waals surface area contributed by atoms with Crippen molar-refractivity contribution in [1.82, 2.24) is 14.7 Å². The van der Waals surface area contributed by atoms with Crippen LogP contribution in [0.1, 0.15) is 38.4 Å². The molecule has 1 aromatic rings. The summed E-state index contributed by atoms with van der Waals surface area (Å²) in [7, 11) is 0. The first-order chi connectivity index (χ1) is 8.01. The third-order valence-corrected chi connectivity index (χ3v) is 2.53. The summed E-state index contributed by atoms with van der Waals surface area (Å²) in [6.45, 7) is 5.97. The molecule has 1 rings (SSSR count). The van der Waals surface area contributed by atoms with Crippen LogP contribution in [-0.2, 0) is 9.59 Å². The molecule has 0 spiro atoms. The number of carboxylic acids is 1. The predicted octanol–water partition coefficient (Wildman–Crippen LogP) is 1.07. The Labute approximate surface area is 99.8 Å². The van der Waals surface area contributed by atoms with Crippen LogP contribution in [0.5, 0.6) is 0 Å². The quantitative estimate of drug-likeness (QED) is 0.753. The van der Waals surface area contributed by atoms with Gasteiger partial charge >= 0.3 is 5.97 Å². The zero-order valence-corrected chi connectivity index (χ0v) is 10.2. The van der Waals surface area contributed by atoms with Crippen molar-refractivity contribution in [2.45, 2.75) is 32.9 Å². The van der Waals surface area contributed by atoms with Crippen LogP contribution in [0.3, 0.4) is 0 Å². The summed E-state index contributed by atoms with van der Waals surface area (Å²) in [6.07, 6.45) is 3.70. The molecule has 6 nitrogen and oxygen atoms in total. The van der Waals surface area contributed by atoms with Gasteiger partial charge in [0.25, 0.3) is 0 Å². The van der Waals surface area contributed by atoms with Gasteiger partial charge < -0.3 is 10.0 Å². The molecule has 0 saturated heterocycles. The summed E-state index contributed by atoms with van der Waals surface area (Å²) in [5.41, 5.74) is 0.514. The number of carbonyl (C=O) groups excluding carboxylic acids is 1. The van der Waals surface area contributed by atoms with Crippen molar-refractivity contribution in [1.29, 1.82) is 0 Å². The topological polar surface area (TPSA) is 75.4 Å². The second-order valence-electron chi connectivity index (χ2n) is 4.02. The Bertz CT molecular complexity index is 400. The highest BCUT2D eigenvalue weighted by atomic mass is 16.4. The maximum Gasteiger partial charge on any atom is 0.331 e. The molecule has 0 aliphatic carbocycles. The SMILES string of the molecule is CCN(C=O)C(C(=O)O)c1cnn(C(C)C)c1. The van der Waals surface area contributed by atoms with Crippen LogP contribution in [0.15, 0.2) is 12.4 Å². The lowest BCUT2D eigenvalue weighted by molar-refractivity contribution is -0.146. The Kier molecular flexibility index (Phi) is 4.25. The van der Waals surface area contributed by atoms with E-state index < -0.39 is 12.0 Å². The normalized spacial score (nSPS) is 12.5. The first-order valence-corrected chi connectivity index (χ1v) is 5.49. The van der Waals surface area contributed by atoms with Gasteiger partial charge in [-0.05, 0) is 20.8 Å². The Morgan fingerprint density at radius 3 is 2.65 bits per heavy atom. The van der Waals surface area contributed by atoms with Gasteiger partial charge in [-0.1, -0.05) is 0 Å². The number of nitrogens with zero attached hydrogens (tertiary/aromatic N) is 3. The Morgan fingerprint density at radius 1 is 1.65 bits per heavy atom. The lowest BCUT2D eigenvalue weighted by Crippen LogP contribution is -2.32. The Hall–Kier alpha value is -1.85. The second kappa shape index (κ2) is 5.47. The summed E-state index contributed by atoms with van der Waals surface area (Å²) >= 11 is 0. The molecule has 1 N–H and O–H groups in total. The summed E-state index contributed by atoms with van der Waals surface area (Å²) in [6, 6.07) is -0.811. The van der Waals surface area contributed by atoms with Gasteiger partial charge in [0.15, 0.2) is 6.04 Å². The maximum absolute atomic E-state index is 11.2. The van der Waals surface area contributed by atoms with Gasteiger partial charge in [0.05, 0.1) is 6.20 Å². The average Bonchev–Trinajstić information content (AvgIpc) is 2.73. The minimum atomic E-state index is -1.05. The van der Waals surface area contributed by atoms with Gasteiger partial charge in [-0.15, -0.1) is 0 Å². The molecule has 1 unspecified atom stereocenters. The van der Waals surface area contributed by atoms with Gasteiger partial charge in [-0.2, -0.15) is 5.10 Å². The molecule has 0 aliphatic heterocycles. The van der Waals surface area contributed by atoms with Crippen LogP contribution < -0.4 is 0 Å². The van der Waals surface area contributed by atoms with Gasteiger partial charge in [0.1, 0.15) is 0 Å². The molecule has 6 heteroatoms. The standard InChI is InChI=1S/C11H17N3O3/c1-4-13(7-15)10(11(16)17)9-5-12-14(6-9)8(2)3/h5-8,10H,4H2,1-3H3,(H,16,17). The predicted molar refractivity (Wildman–Crippen MR) is 61.4 cm³/mol. The van der Waals surface area contributed by atoms with Crippen LogP contribution in [0.2, 0.25) is 0 Å². The molecule has 0 bridgehead atoms. The van der Waals surface area contributed by atoms with E-state index in [2.05, 4.69) is 5.10 Å². The lowest BCUT2D eigenvalue weighted by Gasteiger charge is -2.22. The van der Waals surface area contributed by atoms with E-state index in [1.54, 1.807) is 17.8 Å². The van der Waals surface area contributed by atoms with E-state index >= 15 is 0 Å². The van der Waals surface area contributed by atoms with E-state index in [9.17, 15) is 9.59 Å². The molecule has 1 heterocycles. The number of hydrogen-bond acceptors (Lipinski definition) is 3. The largest absolute Gasteiger partial charge is 0.479 e. The van der Waals surface area contributed by atoms with Crippen LogP contribution in [0, 0.1) is 0 Å². The molecule has 1 aromatic heterocycles. The number of carboxylic acid groups (broad SMARTS) is 1.